The Morgan fingerprint density at radius 2 is 1.52 bits per heavy atom. The molecule has 2 nitrogen and oxygen atoms in total. The molecule has 0 spiro atoms. The van der Waals surface area contributed by atoms with Crippen LogP contribution in [0.4, 0.5) is 13.2 Å². The fourth-order valence-electron chi connectivity index (χ4n) is 5.56. The number of rotatable bonds is 6. The number of alkyl halides is 3. The standard InChI is InChI=1S/C24H31F3O2/c1-2-3-22(23(28)29)20-10-8-18(9-11-20)16-4-6-17(7-5-16)19-12-14-21(15-13-19)24(25,26)27/h2,12-18,20,22H,1,3-11H2,(H,28,29). The number of carboxylic acids is 1. The van der Waals surface area contributed by atoms with Gasteiger partial charge in [-0.25, -0.2) is 0 Å². The Kier molecular flexibility index (Phi) is 7.07. The summed E-state index contributed by atoms with van der Waals surface area (Å²) in [5, 5.41) is 9.46. The first-order chi connectivity index (χ1) is 13.8. The van der Waals surface area contributed by atoms with Crippen molar-refractivity contribution < 1.29 is 23.1 Å². The number of benzene rings is 1. The molecule has 2 aliphatic carbocycles. The van der Waals surface area contributed by atoms with Crippen LogP contribution in [0.3, 0.4) is 0 Å². The van der Waals surface area contributed by atoms with Crippen molar-refractivity contribution >= 4 is 5.97 Å². The summed E-state index contributed by atoms with van der Waals surface area (Å²) in [5.74, 6) is 0.940. The maximum atomic E-state index is 12.7. The average Bonchev–Trinajstić information content (AvgIpc) is 2.71. The van der Waals surface area contributed by atoms with Crippen molar-refractivity contribution in [1.82, 2.24) is 0 Å². The van der Waals surface area contributed by atoms with Crippen molar-refractivity contribution in [3.63, 3.8) is 0 Å². The van der Waals surface area contributed by atoms with E-state index >= 15 is 0 Å². The fraction of sp³-hybridized carbons (Fsp3) is 0.625. The maximum Gasteiger partial charge on any atom is 0.416 e. The molecule has 1 atom stereocenters. The van der Waals surface area contributed by atoms with E-state index in [1.165, 1.54) is 12.1 Å². The zero-order valence-electron chi connectivity index (χ0n) is 16.8. The first-order valence-corrected chi connectivity index (χ1v) is 10.8. The van der Waals surface area contributed by atoms with Gasteiger partial charge in [0.25, 0.3) is 0 Å². The number of aliphatic carboxylic acids is 1. The van der Waals surface area contributed by atoms with Crippen LogP contribution < -0.4 is 0 Å². The Balaban J connectivity index is 1.49. The number of carbonyl (C=O) groups is 1. The fourth-order valence-corrected chi connectivity index (χ4v) is 5.56. The van der Waals surface area contributed by atoms with E-state index in [-0.39, 0.29) is 11.8 Å². The van der Waals surface area contributed by atoms with Gasteiger partial charge in [-0.05, 0) is 99.2 Å². The van der Waals surface area contributed by atoms with E-state index in [4.69, 9.17) is 0 Å². The van der Waals surface area contributed by atoms with E-state index < -0.39 is 17.7 Å². The summed E-state index contributed by atoms with van der Waals surface area (Å²) in [6.45, 7) is 3.70. The molecule has 0 amide bonds. The number of hydrogen-bond acceptors (Lipinski definition) is 1. The van der Waals surface area contributed by atoms with Crippen molar-refractivity contribution in [2.75, 3.05) is 0 Å². The molecule has 1 unspecified atom stereocenters. The van der Waals surface area contributed by atoms with Gasteiger partial charge in [0.15, 0.2) is 0 Å². The first-order valence-electron chi connectivity index (χ1n) is 10.8. The summed E-state index contributed by atoms with van der Waals surface area (Å²) in [4.78, 5) is 11.5. The Morgan fingerprint density at radius 1 is 1.00 bits per heavy atom. The summed E-state index contributed by atoms with van der Waals surface area (Å²) >= 11 is 0. The van der Waals surface area contributed by atoms with E-state index in [1.54, 1.807) is 18.2 Å². The van der Waals surface area contributed by atoms with E-state index in [9.17, 15) is 23.1 Å². The lowest BCUT2D eigenvalue weighted by Crippen LogP contribution is -2.30. The second-order valence-electron chi connectivity index (χ2n) is 8.88. The number of hydrogen-bond donors (Lipinski definition) is 1. The lowest BCUT2D eigenvalue weighted by molar-refractivity contribution is -0.144. The van der Waals surface area contributed by atoms with Gasteiger partial charge in [-0.2, -0.15) is 13.2 Å². The minimum Gasteiger partial charge on any atom is -0.481 e. The van der Waals surface area contributed by atoms with Gasteiger partial charge in [0.05, 0.1) is 11.5 Å². The number of allylic oxidation sites excluding steroid dienone is 1. The normalized spacial score (nSPS) is 29.2. The Bertz CT molecular complexity index is 679. The van der Waals surface area contributed by atoms with Crippen LogP contribution in [0.2, 0.25) is 0 Å². The SMILES string of the molecule is C=CCC(C(=O)O)C1CCC(C2CCC(c3ccc(C(F)(F)F)cc3)CC2)CC1. The minimum absolute atomic E-state index is 0.255. The molecule has 0 aromatic heterocycles. The number of halogens is 3. The van der Waals surface area contributed by atoms with E-state index in [1.807, 2.05) is 0 Å². The third-order valence-electron chi connectivity index (χ3n) is 7.27. The molecular formula is C24H31F3O2. The van der Waals surface area contributed by atoms with Crippen LogP contribution >= 0.6 is 0 Å². The lowest BCUT2D eigenvalue weighted by Gasteiger charge is -2.39. The predicted octanol–water partition coefficient (Wildman–Crippen LogP) is 7.06. The first kappa shape index (κ1) is 21.9. The van der Waals surface area contributed by atoms with Crippen molar-refractivity contribution in [3.8, 4) is 0 Å². The van der Waals surface area contributed by atoms with Gasteiger partial charge in [-0.3, -0.25) is 4.79 Å². The highest BCUT2D eigenvalue weighted by atomic mass is 19.4. The largest absolute Gasteiger partial charge is 0.481 e. The van der Waals surface area contributed by atoms with E-state index in [2.05, 4.69) is 6.58 Å². The second-order valence-corrected chi connectivity index (χ2v) is 8.88. The van der Waals surface area contributed by atoms with Gasteiger partial charge in [-0.15, -0.1) is 6.58 Å². The third-order valence-corrected chi connectivity index (χ3v) is 7.27. The van der Waals surface area contributed by atoms with Crippen LogP contribution in [0, 0.1) is 23.7 Å². The van der Waals surface area contributed by atoms with Gasteiger partial charge >= 0.3 is 12.1 Å². The Hall–Kier alpha value is -1.78. The van der Waals surface area contributed by atoms with Crippen molar-refractivity contribution in [1.29, 1.82) is 0 Å². The van der Waals surface area contributed by atoms with Gasteiger partial charge in [0.2, 0.25) is 0 Å². The van der Waals surface area contributed by atoms with Crippen molar-refractivity contribution in [2.24, 2.45) is 23.7 Å². The molecule has 2 fully saturated rings. The second kappa shape index (κ2) is 9.36. The van der Waals surface area contributed by atoms with Crippen LogP contribution in [0.25, 0.3) is 0 Å². The molecule has 0 saturated heterocycles. The Labute approximate surface area is 171 Å². The molecule has 3 rings (SSSR count). The summed E-state index contributed by atoms with van der Waals surface area (Å²) in [6, 6.07) is 5.69. The smallest absolute Gasteiger partial charge is 0.416 e. The van der Waals surface area contributed by atoms with Crippen LogP contribution in [-0.4, -0.2) is 11.1 Å². The summed E-state index contributed by atoms with van der Waals surface area (Å²) in [6.07, 6.45) is 6.45. The molecule has 2 aliphatic rings. The zero-order valence-corrected chi connectivity index (χ0v) is 16.8. The molecular weight excluding hydrogens is 377 g/mol. The highest BCUT2D eigenvalue weighted by molar-refractivity contribution is 5.70. The summed E-state index contributed by atoms with van der Waals surface area (Å²) in [5.41, 5.74) is 0.441. The summed E-state index contributed by atoms with van der Waals surface area (Å²) in [7, 11) is 0. The molecule has 1 aromatic carbocycles. The van der Waals surface area contributed by atoms with Gasteiger partial charge in [0.1, 0.15) is 0 Å². The van der Waals surface area contributed by atoms with E-state index in [0.717, 1.165) is 56.9 Å². The number of carboxylic acid groups (broad SMARTS) is 1. The van der Waals surface area contributed by atoms with Gasteiger partial charge in [0, 0.05) is 0 Å². The molecule has 0 heterocycles. The zero-order chi connectivity index (χ0) is 21.0. The van der Waals surface area contributed by atoms with Crippen LogP contribution in [-0.2, 0) is 11.0 Å². The third kappa shape index (κ3) is 5.43. The van der Waals surface area contributed by atoms with E-state index in [0.29, 0.717) is 24.2 Å². The molecule has 0 radical (unpaired) electrons. The molecule has 2 saturated carbocycles. The lowest BCUT2D eigenvalue weighted by atomic mass is 9.66. The molecule has 5 heteroatoms. The highest BCUT2D eigenvalue weighted by Gasteiger charge is 2.35. The molecule has 0 aliphatic heterocycles. The van der Waals surface area contributed by atoms with Crippen LogP contribution in [0.15, 0.2) is 36.9 Å². The quantitative estimate of drug-likeness (QED) is 0.512. The average molecular weight is 409 g/mol. The molecule has 1 aromatic rings. The van der Waals surface area contributed by atoms with Crippen LogP contribution in [0.1, 0.15) is 74.8 Å². The molecule has 1 N–H and O–H groups in total. The Morgan fingerprint density at radius 3 is 1.97 bits per heavy atom. The molecule has 0 bridgehead atoms. The topological polar surface area (TPSA) is 37.3 Å². The monoisotopic (exact) mass is 408 g/mol. The molecule has 160 valence electrons. The minimum atomic E-state index is -4.28. The summed E-state index contributed by atoms with van der Waals surface area (Å²) < 4.78 is 38.2. The molecule has 29 heavy (non-hydrogen) atoms. The highest BCUT2D eigenvalue weighted by Crippen LogP contribution is 2.45. The van der Waals surface area contributed by atoms with Gasteiger partial charge in [-0.1, -0.05) is 18.2 Å². The van der Waals surface area contributed by atoms with Gasteiger partial charge < -0.3 is 5.11 Å². The van der Waals surface area contributed by atoms with Crippen molar-refractivity contribution in [3.05, 3.63) is 48.0 Å². The predicted molar refractivity (Wildman–Crippen MR) is 108 cm³/mol. The maximum absolute atomic E-state index is 12.7. The van der Waals surface area contributed by atoms with Crippen LogP contribution in [0.5, 0.6) is 0 Å². The van der Waals surface area contributed by atoms with Crippen molar-refractivity contribution in [2.45, 2.75) is 69.9 Å².